The predicted octanol–water partition coefficient (Wildman–Crippen LogP) is 4.34. The van der Waals surface area contributed by atoms with Crippen LogP contribution in [0.4, 0.5) is 0 Å². The van der Waals surface area contributed by atoms with Crippen molar-refractivity contribution in [2.24, 2.45) is 5.92 Å². The third-order valence-corrected chi connectivity index (χ3v) is 4.37. The Morgan fingerprint density at radius 1 is 1.15 bits per heavy atom. The van der Waals surface area contributed by atoms with Crippen molar-refractivity contribution in [1.82, 2.24) is 5.32 Å². The van der Waals surface area contributed by atoms with Crippen LogP contribution in [0.15, 0.2) is 48.5 Å². The van der Waals surface area contributed by atoms with Crippen LogP contribution in [0.25, 0.3) is 6.08 Å². The molecule has 27 heavy (non-hydrogen) atoms. The van der Waals surface area contributed by atoms with Crippen LogP contribution in [0.2, 0.25) is 0 Å². The smallest absolute Gasteiger partial charge is 0.244 e. The van der Waals surface area contributed by atoms with Gasteiger partial charge in [-0.05, 0) is 53.8 Å². The highest BCUT2D eigenvalue weighted by molar-refractivity contribution is 5.92. The zero-order valence-electron chi connectivity index (χ0n) is 15.9. The highest BCUT2D eigenvalue weighted by Gasteiger charge is 2.16. The van der Waals surface area contributed by atoms with E-state index in [2.05, 4.69) is 19.2 Å². The number of methoxy groups -OCH3 is 1. The number of rotatable bonds is 7. The molecule has 1 unspecified atom stereocenters. The number of amides is 1. The van der Waals surface area contributed by atoms with E-state index >= 15 is 0 Å². The molecule has 0 spiro atoms. The van der Waals surface area contributed by atoms with E-state index in [9.17, 15) is 4.79 Å². The molecule has 0 bridgehead atoms. The summed E-state index contributed by atoms with van der Waals surface area (Å²) in [6.45, 7) is 4.53. The second kappa shape index (κ2) is 8.62. The van der Waals surface area contributed by atoms with Gasteiger partial charge in [-0.25, -0.2) is 0 Å². The minimum absolute atomic E-state index is 0.0511. The number of carbonyl (C=O) groups is 1. The lowest BCUT2D eigenvalue weighted by Crippen LogP contribution is -2.27. The molecule has 0 aliphatic carbocycles. The summed E-state index contributed by atoms with van der Waals surface area (Å²) in [5.74, 6) is 2.56. The Hall–Kier alpha value is -2.95. The Kier molecular flexibility index (Phi) is 6.01. The van der Waals surface area contributed by atoms with E-state index in [0.29, 0.717) is 11.7 Å². The molecule has 0 radical (unpaired) electrons. The van der Waals surface area contributed by atoms with Crippen molar-refractivity contribution in [3.8, 4) is 17.2 Å². The first kappa shape index (κ1) is 18.8. The van der Waals surface area contributed by atoms with Gasteiger partial charge in [0.2, 0.25) is 12.7 Å². The van der Waals surface area contributed by atoms with Crippen molar-refractivity contribution in [2.45, 2.75) is 26.3 Å². The highest BCUT2D eigenvalue weighted by Crippen LogP contribution is 2.32. The summed E-state index contributed by atoms with van der Waals surface area (Å²) < 4.78 is 15.9. The molecule has 2 aromatic carbocycles. The molecule has 0 saturated carbocycles. The summed E-state index contributed by atoms with van der Waals surface area (Å²) in [5.41, 5.74) is 1.95. The van der Waals surface area contributed by atoms with Crippen LogP contribution in [0.3, 0.4) is 0 Å². The topological polar surface area (TPSA) is 56.8 Å². The maximum absolute atomic E-state index is 12.5. The van der Waals surface area contributed by atoms with E-state index in [1.54, 1.807) is 19.3 Å². The average molecular weight is 367 g/mol. The maximum Gasteiger partial charge on any atom is 0.244 e. The van der Waals surface area contributed by atoms with E-state index in [4.69, 9.17) is 14.2 Å². The third-order valence-electron chi connectivity index (χ3n) is 4.37. The van der Waals surface area contributed by atoms with E-state index in [1.165, 1.54) is 0 Å². The Labute approximate surface area is 159 Å². The van der Waals surface area contributed by atoms with Crippen LogP contribution >= 0.6 is 0 Å². The zero-order chi connectivity index (χ0) is 19.2. The molecule has 1 amide bonds. The minimum atomic E-state index is -0.130. The van der Waals surface area contributed by atoms with Crippen molar-refractivity contribution < 1.29 is 19.0 Å². The van der Waals surface area contributed by atoms with Gasteiger partial charge in [0, 0.05) is 6.08 Å². The number of benzene rings is 2. The van der Waals surface area contributed by atoms with E-state index in [-0.39, 0.29) is 18.7 Å². The van der Waals surface area contributed by atoms with Crippen molar-refractivity contribution in [1.29, 1.82) is 0 Å². The van der Waals surface area contributed by atoms with Crippen LogP contribution in [0.1, 0.15) is 37.4 Å². The first-order chi connectivity index (χ1) is 13.0. The first-order valence-electron chi connectivity index (χ1n) is 9.07. The van der Waals surface area contributed by atoms with Gasteiger partial charge >= 0.3 is 0 Å². The Morgan fingerprint density at radius 3 is 2.59 bits per heavy atom. The van der Waals surface area contributed by atoms with Gasteiger partial charge in [-0.2, -0.15) is 0 Å². The summed E-state index contributed by atoms with van der Waals surface area (Å²) in [7, 11) is 1.64. The van der Waals surface area contributed by atoms with Gasteiger partial charge in [0.25, 0.3) is 0 Å². The predicted molar refractivity (Wildman–Crippen MR) is 105 cm³/mol. The molecule has 5 heteroatoms. The van der Waals surface area contributed by atoms with Crippen LogP contribution in [0, 0.1) is 5.92 Å². The molecule has 1 heterocycles. The molecule has 0 aromatic heterocycles. The number of carbonyl (C=O) groups excluding carboxylic acids is 1. The second-order valence-corrected chi connectivity index (χ2v) is 6.91. The Morgan fingerprint density at radius 2 is 1.89 bits per heavy atom. The van der Waals surface area contributed by atoms with Crippen molar-refractivity contribution in [3.63, 3.8) is 0 Å². The average Bonchev–Trinajstić information content (AvgIpc) is 3.13. The summed E-state index contributed by atoms with van der Waals surface area (Å²) in [6, 6.07) is 13.4. The minimum Gasteiger partial charge on any atom is -0.497 e. The fourth-order valence-electron chi connectivity index (χ4n) is 2.99. The molecular formula is C22H25NO4. The second-order valence-electron chi connectivity index (χ2n) is 6.91. The monoisotopic (exact) mass is 367 g/mol. The normalized spacial score (nSPS) is 13.8. The summed E-state index contributed by atoms with van der Waals surface area (Å²) in [5, 5.41) is 3.10. The molecule has 5 nitrogen and oxygen atoms in total. The Bertz CT molecular complexity index is 812. The van der Waals surface area contributed by atoms with Gasteiger partial charge in [-0.15, -0.1) is 0 Å². The number of hydrogen-bond donors (Lipinski definition) is 1. The largest absolute Gasteiger partial charge is 0.497 e. The molecule has 0 fully saturated rings. The summed E-state index contributed by atoms with van der Waals surface area (Å²) in [4.78, 5) is 12.5. The van der Waals surface area contributed by atoms with E-state index < -0.39 is 0 Å². The lowest BCUT2D eigenvalue weighted by molar-refractivity contribution is -0.117. The fourth-order valence-corrected chi connectivity index (χ4v) is 2.99. The van der Waals surface area contributed by atoms with Crippen LogP contribution in [-0.2, 0) is 4.79 Å². The first-order valence-corrected chi connectivity index (χ1v) is 9.07. The third kappa shape index (κ3) is 5.03. The highest BCUT2D eigenvalue weighted by atomic mass is 16.7. The molecular weight excluding hydrogens is 342 g/mol. The molecule has 3 rings (SSSR count). The van der Waals surface area contributed by atoms with Crippen LogP contribution in [-0.4, -0.2) is 19.8 Å². The van der Waals surface area contributed by atoms with E-state index in [0.717, 1.165) is 29.0 Å². The molecule has 2 aromatic rings. The van der Waals surface area contributed by atoms with Gasteiger partial charge in [-0.1, -0.05) is 32.0 Å². The van der Waals surface area contributed by atoms with Crippen LogP contribution < -0.4 is 19.5 Å². The number of hydrogen-bond acceptors (Lipinski definition) is 4. The van der Waals surface area contributed by atoms with Crippen molar-refractivity contribution in [3.05, 3.63) is 59.7 Å². The summed E-state index contributed by atoms with van der Waals surface area (Å²) in [6.07, 6.45) is 4.18. The zero-order valence-corrected chi connectivity index (χ0v) is 15.9. The molecule has 0 saturated heterocycles. The van der Waals surface area contributed by atoms with Crippen molar-refractivity contribution in [2.75, 3.05) is 13.9 Å². The Balaban J connectivity index is 1.68. The molecule has 1 N–H and O–H groups in total. The van der Waals surface area contributed by atoms with Gasteiger partial charge in [0.15, 0.2) is 11.5 Å². The van der Waals surface area contributed by atoms with Gasteiger partial charge < -0.3 is 19.5 Å². The summed E-state index contributed by atoms with van der Waals surface area (Å²) >= 11 is 0. The molecule has 1 aliphatic heterocycles. The van der Waals surface area contributed by atoms with Gasteiger partial charge in [0.1, 0.15) is 5.75 Å². The number of ether oxygens (including phenoxy) is 3. The van der Waals surface area contributed by atoms with Crippen LogP contribution in [0.5, 0.6) is 17.2 Å². The SMILES string of the molecule is COc1ccc(C(CC(C)C)NC(=O)/C=C/c2ccc3c(c2)OCO3)cc1. The molecule has 1 atom stereocenters. The quantitative estimate of drug-likeness (QED) is 0.740. The standard InChI is InChI=1S/C22H25NO4/c1-15(2)12-19(17-6-8-18(25-3)9-7-17)23-22(24)11-5-16-4-10-20-21(13-16)27-14-26-20/h4-11,13,15,19H,12,14H2,1-3H3,(H,23,24)/b11-5+. The van der Waals surface area contributed by atoms with Gasteiger partial charge in [-0.3, -0.25) is 4.79 Å². The molecule has 1 aliphatic rings. The number of nitrogens with one attached hydrogen (secondary N) is 1. The number of fused-ring (bicyclic) bond motifs is 1. The van der Waals surface area contributed by atoms with E-state index in [1.807, 2.05) is 42.5 Å². The van der Waals surface area contributed by atoms with Gasteiger partial charge in [0.05, 0.1) is 13.2 Å². The maximum atomic E-state index is 12.5. The lowest BCUT2D eigenvalue weighted by atomic mass is 9.97. The lowest BCUT2D eigenvalue weighted by Gasteiger charge is -2.20. The van der Waals surface area contributed by atoms with Crippen molar-refractivity contribution >= 4 is 12.0 Å². The fraction of sp³-hybridized carbons (Fsp3) is 0.318. The molecule has 142 valence electrons.